The number of hydrogen-bond acceptors (Lipinski definition) is 9. The first-order chi connectivity index (χ1) is 19.5. The van der Waals surface area contributed by atoms with E-state index in [-0.39, 0.29) is 35.5 Å². The van der Waals surface area contributed by atoms with Crippen LogP contribution in [0, 0.1) is 0 Å². The smallest absolute Gasteiger partial charge is 0.355 e. The van der Waals surface area contributed by atoms with Gasteiger partial charge in [0.05, 0.1) is 38.7 Å². The lowest BCUT2D eigenvalue weighted by Gasteiger charge is -2.33. The summed E-state index contributed by atoms with van der Waals surface area (Å²) in [5.41, 5.74) is 8.95. The van der Waals surface area contributed by atoms with Gasteiger partial charge in [-0.2, -0.15) is 0 Å². The van der Waals surface area contributed by atoms with E-state index in [9.17, 15) is 9.59 Å². The summed E-state index contributed by atoms with van der Waals surface area (Å²) in [5.74, 6) is 0.621. The molecule has 3 heterocycles. The third kappa shape index (κ3) is 6.07. The van der Waals surface area contributed by atoms with E-state index in [1.807, 2.05) is 32.9 Å². The molecule has 12 heteroatoms. The topological polar surface area (TPSA) is 128 Å². The Bertz CT molecular complexity index is 1420. The van der Waals surface area contributed by atoms with Crippen LogP contribution < -0.4 is 24.8 Å². The lowest BCUT2D eigenvalue weighted by molar-refractivity contribution is -0.714. The molecular formula is C29H42N7O5+. The number of nitrogens with two attached hydrogens (primary N) is 1. The highest BCUT2D eigenvalue weighted by Gasteiger charge is 2.31. The summed E-state index contributed by atoms with van der Waals surface area (Å²) in [5, 5.41) is 8.88. The minimum atomic E-state index is -0.277. The van der Waals surface area contributed by atoms with Gasteiger partial charge in [-0.15, -0.1) is 4.68 Å². The van der Waals surface area contributed by atoms with E-state index in [2.05, 4.69) is 35.9 Å². The number of fused-ring (bicyclic) bond motifs is 1. The molecule has 0 radical (unpaired) electrons. The highest BCUT2D eigenvalue weighted by molar-refractivity contribution is 5.98. The summed E-state index contributed by atoms with van der Waals surface area (Å²) in [6.45, 7) is 15.8. The third-order valence-corrected chi connectivity index (χ3v) is 7.23. The molecule has 0 spiro atoms. The molecule has 1 aliphatic rings. The molecule has 2 N–H and O–H groups in total. The molecule has 0 bridgehead atoms. The number of carbonyl (C=O) groups excluding carboxylic acids is 2. The van der Waals surface area contributed by atoms with Crippen molar-refractivity contribution in [2.75, 3.05) is 63.7 Å². The zero-order valence-electron chi connectivity index (χ0n) is 25.2. The maximum absolute atomic E-state index is 13.9. The summed E-state index contributed by atoms with van der Waals surface area (Å²) in [7, 11) is 1.66. The normalized spacial score (nSPS) is 13.9. The summed E-state index contributed by atoms with van der Waals surface area (Å²) >= 11 is 0. The van der Waals surface area contributed by atoms with Crippen LogP contribution in [0.4, 0.5) is 11.6 Å². The molecule has 1 amide bonds. The number of rotatable bonds is 10. The highest BCUT2D eigenvalue weighted by Crippen LogP contribution is 2.40. The Hall–Kier alpha value is -3.93. The van der Waals surface area contributed by atoms with Crippen molar-refractivity contribution in [1.29, 1.82) is 0 Å². The summed E-state index contributed by atoms with van der Waals surface area (Å²) in [6, 6.07) is 5.42. The lowest BCUT2D eigenvalue weighted by atomic mass is 9.84. The van der Waals surface area contributed by atoms with Crippen LogP contribution >= 0.6 is 0 Å². The van der Waals surface area contributed by atoms with Crippen LogP contribution in [-0.2, 0) is 16.7 Å². The standard InChI is InChI=1S/C29H41N7O5/c1-8-33(9-2)27(38)20-17-24-35(32-28(30)36(24)31-26(20)41-10-3)18-23(37)19-15-21(29(4,5)6)25(39-7)22(16-19)34-11-13-40-14-12-34/h15-17H,8-14,18H2,1-7H3,(H-,30,31,32,38)/p+1. The summed E-state index contributed by atoms with van der Waals surface area (Å²) in [6.07, 6.45) is 0. The molecule has 222 valence electrons. The van der Waals surface area contributed by atoms with Gasteiger partial charge in [-0.25, -0.2) is 0 Å². The van der Waals surface area contributed by atoms with Crippen molar-refractivity contribution in [3.05, 3.63) is 34.9 Å². The number of aromatic nitrogens is 4. The van der Waals surface area contributed by atoms with E-state index in [0.717, 1.165) is 17.0 Å². The first-order valence-electron chi connectivity index (χ1n) is 14.1. The van der Waals surface area contributed by atoms with Crippen LogP contribution in [0.1, 0.15) is 67.8 Å². The molecule has 1 aliphatic heterocycles. The first-order valence-corrected chi connectivity index (χ1v) is 14.1. The fraction of sp³-hybridized carbons (Fsp3) is 0.552. The molecule has 41 heavy (non-hydrogen) atoms. The van der Waals surface area contributed by atoms with E-state index < -0.39 is 0 Å². The fourth-order valence-electron chi connectivity index (χ4n) is 5.02. The average molecular weight is 569 g/mol. The zero-order valence-corrected chi connectivity index (χ0v) is 25.2. The monoisotopic (exact) mass is 568 g/mol. The number of benzene rings is 1. The Morgan fingerprint density at radius 2 is 1.80 bits per heavy atom. The van der Waals surface area contributed by atoms with Gasteiger partial charge in [0.2, 0.25) is 5.78 Å². The van der Waals surface area contributed by atoms with Crippen LogP contribution in [0.15, 0.2) is 18.2 Å². The van der Waals surface area contributed by atoms with Gasteiger partial charge in [-0.3, -0.25) is 9.59 Å². The van der Waals surface area contributed by atoms with Crippen molar-refractivity contribution in [2.24, 2.45) is 0 Å². The first kappa shape index (κ1) is 30.0. The lowest BCUT2D eigenvalue weighted by Crippen LogP contribution is -2.41. The number of amides is 1. The zero-order chi connectivity index (χ0) is 29.9. The van der Waals surface area contributed by atoms with Gasteiger partial charge >= 0.3 is 11.6 Å². The van der Waals surface area contributed by atoms with Crippen LogP contribution in [0.5, 0.6) is 11.6 Å². The maximum Gasteiger partial charge on any atom is 0.355 e. The summed E-state index contributed by atoms with van der Waals surface area (Å²) < 4.78 is 20.0. The second-order valence-corrected chi connectivity index (χ2v) is 10.9. The number of nitrogen functional groups attached to an aromatic ring is 1. The molecule has 2 aromatic heterocycles. The van der Waals surface area contributed by atoms with Crippen molar-refractivity contribution in [2.45, 2.75) is 53.5 Å². The molecule has 0 saturated carbocycles. The molecule has 0 atom stereocenters. The molecule has 1 fully saturated rings. The van der Waals surface area contributed by atoms with E-state index in [1.54, 1.807) is 18.1 Å². The van der Waals surface area contributed by atoms with Gasteiger partial charge in [0, 0.05) is 37.3 Å². The Morgan fingerprint density at radius 3 is 2.39 bits per heavy atom. The van der Waals surface area contributed by atoms with Crippen LogP contribution in [0.3, 0.4) is 0 Å². The number of ketones is 1. The number of nitrogens with zero attached hydrogens (tertiary/aromatic N) is 6. The Balaban J connectivity index is 1.79. The molecular weight excluding hydrogens is 526 g/mol. The van der Waals surface area contributed by atoms with Gasteiger partial charge in [0.15, 0.2) is 6.54 Å². The highest BCUT2D eigenvalue weighted by atomic mass is 16.5. The van der Waals surface area contributed by atoms with E-state index in [0.29, 0.717) is 62.8 Å². The van der Waals surface area contributed by atoms with Gasteiger partial charge in [0.25, 0.3) is 11.8 Å². The number of methoxy groups -OCH3 is 1. The van der Waals surface area contributed by atoms with Crippen molar-refractivity contribution < 1.29 is 28.5 Å². The predicted molar refractivity (Wildman–Crippen MR) is 155 cm³/mol. The third-order valence-electron chi connectivity index (χ3n) is 7.23. The van der Waals surface area contributed by atoms with Gasteiger partial charge in [-0.1, -0.05) is 25.3 Å². The van der Waals surface area contributed by atoms with Crippen LogP contribution in [0.2, 0.25) is 0 Å². The van der Waals surface area contributed by atoms with E-state index in [4.69, 9.17) is 19.9 Å². The number of ether oxygens (including phenoxy) is 3. The largest absolute Gasteiger partial charge is 0.494 e. The number of morpholine rings is 1. The molecule has 0 unspecified atom stereocenters. The van der Waals surface area contributed by atoms with Crippen molar-refractivity contribution in [3.63, 3.8) is 0 Å². The van der Waals surface area contributed by atoms with E-state index in [1.165, 1.54) is 9.20 Å². The second kappa shape index (κ2) is 12.3. The number of carbonyl (C=O) groups is 2. The van der Waals surface area contributed by atoms with E-state index >= 15 is 0 Å². The number of Topliss-reactive ketones (excluding diaryl/α,β-unsaturated/α-hetero) is 1. The molecule has 3 aromatic rings. The van der Waals surface area contributed by atoms with Crippen molar-refractivity contribution in [3.8, 4) is 11.6 Å². The molecule has 0 aliphatic carbocycles. The minimum absolute atomic E-state index is 0.0784. The SMILES string of the molecule is CCOc1nn2c(N)n[n+](CC(=O)c3cc(N4CCOCC4)c(OC)c(C(C)(C)C)c3)c2cc1C(=O)N(CC)CC. The second-order valence-electron chi connectivity index (χ2n) is 10.9. The fourth-order valence-corrected chi connectivity index (χ4v) is 5.02. The van der Waals surface area contributed by atoms with Gasteiger partial charge in [0.1, 0.15) is 11.3 Å². The van der Waals surface area contributed by atoms with Crippen molar-refractivity contribution >= 4 is 29.0 Å². The van der Waals surface area contributed by atoms with Crippen LogP contribution in [0.25, 0.3) is 5.65 Å². The molecule has 4 rings (SSSR count). The maximum atomic E-state index is 13.9. The average Bonchev–Trinajstić information content (AvgIpc) is 3.26. The van der Waals surface area contributed by atoms with Gasteiger partial charge < -0.3 is 29.7 Å². The van der Waals surface area contributed by atoms with Crippen molar-refractivity contribution in [1.82, 2.24) is 19.6 Å². The molecule has 1 saturated heterocycles. The Labute approximate surface area is 240 Å². The quantitative estimate of drug-likeness (QED) is 0.290. The molecule has 12 nitrogen and oxygen atoms in total. The number of hydrogen-bond donors (Lipinski definition) is 1. The summed E-state index contributed by atoms with van der Waals surface area (Å²) in [4.78, 5) is 31.1. The predicted octanol–water partition coefficient (Wildman–Crippen LogP) is 2.51. The number of anilines is 2. The molecule has 1 aromatic carbocycles. The Morgan fingerprint density at radius 1 is 1.12 bits per heavy atom. The minimum Gasteiger partial charge on any atom is -0.494 e. The Kier molecular flexibility index (Phi) is 9.01. The van der Waals surface area contributed by atoms with Crippen LogP contribution in [-0.4, -0.2) is 84.4 Å². The van der Waals surface area contributed by atoms with Gasteiger partial charge in [-0.05, 0) is 48.5 Å².